The third kappa shape index (κ3) is 3.92. The smallest absolute Gasteiger partial charge is 0.157 e. The van der Waals surface area contributed by atoms with Gasteiger partial charge in [0.1, 0.15) is 5.82 Å². The zero-order chi connectivity index (χ0) is 16.0. The fourth-order valence-corrected chi connectivity index (χ4v) is 3.52. The molecule has 0 radical (unpaired) electrons. The van der Waals surface area contributed by atoms with Gasteiger partial charge in [-0.15, -0.1) is 0 Å². The summed E-state index contributed by atoms with van der Waals surface area (Å²) in [5.74, 6) is -0.208. The van der Waals surface area contributed by atoms with Crippen molar-refractivity contribution in [2.45, 2.75) is 52.5 Å². The van der Waals surface area contributed by atoms with Gasteiger partial charge in [-0.3, -0.25) is 9.69 Å². The van der Waals surface area contributed by atoms with Crippen molar-refractivity contribution < 1.29 is 9.18 Å². The zero-order valence-corrected chi connectivity index (χ0v) is 15.0. The molecule has 0 aliphatic rings. The van der Waals surface area contributed by atoms with Crippen LogP contribution in [0.3, 0.4) is 0 Å². The highest BCUT2D eigenvalue weighted by atomic mass is 79.9. The Labute approximate surface area is 135 Å². The van der Waals surface area contributed by atoms with Crippen LogP contribution in [0, 0.1) is 5.82 Å². The molecule has 0 saturated carbocycles. The summed E-state index contributed by atoms with van der Waals surface area (Å²) >= 11 is 3.34. The van der Waals surface area contributed by atoms with E-state index in [1.807, 2.05) is 13.8 Å². The minimum Gasteiger partial charge on any atom is -0.297 e. The van der Waals surface area contributed by atoms with Crippen LogP contribution in [0.25, 0.3) is 0 Å². The number of nitrogens with zero attached hydrogens (tertiary/aromatic N) is 1. The van der Waals surface area contributed by atoms with E-state index >= 15 is 0 Å². The van der Waals surface area contributed by atoms with Gasteiger partial charge in [-0.2, -0.15) is 0 Å². The van der Waals surface area contributed by atoms with Gasteiger partial charge in [-0.05, 0) is 49.7 Å². The largest absolute Gasteiger partial charge is 0.297 e. The maximum atomic E-state index is 13.9. The monoisotopic (exact) mass is 357 g/mol. The van der Waals surface area contributed by atoms with Gasteiger partial charge in [-0.1, -0.05) is 43.6 Å². The molecule has 0 saturated heterocycles. The van der Waals surface area contributed by atoms with Crippen molar-refractivity contribution >= 4 is 21.7 Å². The first-order valence-electron chi connectivity index (χ1n) is 7.67. The SMILES string of the molecule is CCN(CC)C(CC)(CC)C(=O)Cc1cc(Br)ccc1F. The van der Waals surface area contributed by atoms with Gasteiger partial charge >= 0.3 is 0 Å². The molecule has 0 amide bonds. The lowest BCUT2D eigenvalue weighted by molar-refractivity contribution is -0.131. The molecule has 0 N–H and O–H groups in total. The van der Waals surface area contributed by atoms with E-state index in [1.54, 1.807) is 12.1 Å². The third-order valence-corrected chi connectivity index (χ3v) is 4.91. The number of likely N-dealkylation sites (N-methyl/N-ethyl adjacent to an activating group) is 1. The van der Waals surface area contributed by atoms with Crippen LogP contribution in [-0.2, 0) is 11.2 Å². The second-order valence-electron chi connectivity index (χ2n) is 5.25. The van der Waals surface area contributed by atoms with E-state index < -0.39 is 5.54 Å². The molecule has 0 unspecified atom stereocenters. The highest BCUT2D eigenvalue weighted by Crippen LogP contribution is 2.28. The Bertz CT molecular complexity index is 482. The number of benzene rings is 1. The Morgan fingerprint density at radius 1 is 1.19 bits per heavy atom. The number of hydrogen-bond donors (Lipinski definition) is 0. The van der Waals surface area contributed by atoms with Crippen LogP contribution in [0.15, 0.2) is 22.7 Å². The molecule has 4 heteroatoms. The molecule has 0 fully saturated rings. The Morgan fingerprint density at radius 3 is 2.24 bits per heavy atom. The molecule has 0 spiro atoms. The summed E-state index contributed by atoms with van der Waals surface area (Å²) in [6.45, 7) is 9.86. The normalized spacial score (nSPS) is 12.0. The number of hydrogen-bond acceptors (Lipinski definition) is 2. The second-order valence-corrected chi connectivity index (χ2v) is 6.16. The molecule has 0 atom stereocenters. The van der Waals surface area contributed by atoms with Crippen LogP contribution in [-0.4, -0.2) is 29.3 Å². The summed E-state index contributed by atoms with van der Waals surface area (Å²) in [5, 5.41) is 0. The number of ketones is 1. The lowest BCUT2D eigenvalue weighted by Gasteiger charge is -2.41. The maximum Gasteiger partial charge on any atom is 0.157 e. The van der Waals surface area contributed by atoms with E-state index in [1.165, 1.54) is 6.07 Å². The molecule has 0 aromatic heterocycles. The fourth-order valence-electron chi connectivity index (χ4n) is 3.11. The fraction of sp³-hybridized carbons (Fsp3) is 0.588. The molecule has 0 aliphatic heterocycles. The molecule has 1 aromatic rings. The van der Waals surface area contributed by atoms with E-state index in [9.17, 15) is 9.18 Å². The summed E-state index contributed by atoms with van der Waals surface area (Å²) in [4.78, 5) is 15.1. The van der Waals surface area contributed by atoms with Crippen LogP contribution >= 0.6 is 15.9 Å². The molecule has 118 valence electrons. The van der Waals surface area contributed by atoms with Gasteiger partial charge in [0.2, 0.25) is 0 Å². The predicted octanol–water partition coefficient (Wildman–Crippen LogP) is 4.60. The van der Waals surface area contributed by atoms with Gasteiger partial charge in [0.05, 0.1) is 5.54 Å². The maximum absolute atomic E-state index is 13.9. The average molecular weight is 358 g/mol. The Hall–Kier alpha value is -0.740. The van der Waals surface area contributed by atoms with Gasteiger partial charge < -0.3 is 0 Å². The molecule has 0 heterocycles. The quantitative estimate of drug-likeness (QED) is 0.677. The van der Waals surface area contributed by atoms with Crippen LogP contribution < -0.4 is 0 Å². The average Bonchev–Trinajstić information content (AvgIpc) is 2.48. The van der Waals surface area contributed by atoms with Crippen molar-refractivity contribution in [1.29, 1.82) is 0 Å². The van der Waals surface area contributed by atoms with Crippen LogP contribution in [0.5, 0.6) is 0 Å². The van der Waals surface area contributed by atoms with Crippen molar-refractivity contribution in [1.82, 2.24) is 4.90 Å². The first kappa shape index (κ1) is 18.3. The Kier molecular flexibility index (Phi) is 7.01. The standard InChI is InChI=1S/C17H25BrFNO/c1-5-17(6-2,20(7-3)8-4)16(21)12-13-11-14(18)9-10-15(13)19/h9-11H,5-8,12H2,1-4H3. The number of rotatable bonds is 8. The molecule has 0 bridgehead atoms. The lowest BCUT2D eigenvalue weighted by atomic mass is 9.83. The van der Waals surface area contributed by atoms with Crippen molar-refractivity contribution in [2.75, 3.05) is 13.1 Å². The van der Waals surface area contributed by atoms with E-state index in [2.05, 4.69) is 34.7 Å². The number of carbonyl (C=O) groups excluding carboxylic acids is 1. The van der Waals surface area contributed by atoms with Crippen LogP contribution in [0.4, 0.5) is 4.39 Å². The number of carbonyl (C=O) groups is 1. The van der Waals surface area contributed by atoms with Gasteiger partial charge in [0.25, 0.3) is 0 Å². The highest BCUT2D eigenvalue weighted by Gasteiger charge is 2.39. The first-order chi connectivity index (χ1) is 9.94. The number of Topliss-reactive ketones (excluding diaryl/α,β-unsaturated/α-hetero) is 1. The summed E-state index contributed by atoms with van der Waals surface area (Å²) < 4.78 is 14.7. The second kappa shape index (κ2) is 8.04. The third-order valence-electron chi connectivity index (χ3n) is 4.42. The Balaban J connectivity index is 3.09. The van der Waals surface area contributed by atoms with Gasteiger partial charge in [0.15, 0.2) is 5.78 Å². The van der Waals surface area contributed by atoms with Gasteiger partial charge in [-0.25, -0.2) is 4.39 Å². The summed E-state index contributed by atoms with van der Waals surface area (Å²) in [5.41, 5.74) is -0.0223. The molecule has 2 nitrogen and oxygen atoms in total. The van der Waals surface area contributed by atoms with Crippen LogP contribution in [0.2, 0.25) is 0 Å². The molecular formula is C17H25BrFNO. The molecule has 1 aromatic carbocycles. The Morgan fingerprint density at radius 2 is 1.76 bits per heavy atom. The van der Waals surface area contributed by atoms with Crippen molar-refractivity contribution in [3.05, 3.63) is 34.1 Å². The van der Waals surface area contributed by atoms with Crippen molar-refractivity contribution in [3.63, 3.8) is 0 Å². The summed E-state index contributed by atoms with van der Waals surface area (Å²) in [7, 11) is 0. The molecule has 21 heavy (non-hydrogen) atoms. The van der Waals surface area contributed by atoms with E-state index in [4.69, 9.17) is 0 Å². The van der Waals surface area contributed by atoms with Crippen molar-refractivity contribution in [3.8, 4) is 0 Å². The minimum atomic E-state index is -0.488. The van der Waals surface area contributed by atoms with Gasteiger partial charge in [0, 0.05) is 10.9 Å². The molecule has 0 aliphatic carbocycles. The minimum absolute atomic E-state index is 0.105. The first-order valence-corrected chi connectivity index (χ1v) is 8.46. The number of halogens is 2. The van der Waals surface area contributed by atoms with E-state index in [-0.39, 0.29) is 18.0 Å². The molecular weight excluding hydrogens is 333 g/mol. The summed E-state index contributed by atoms with van der Waals surface area (Å²) in [6.07, 6.45) is 1.64. The zero-order valence-electron chi connectivity index (χ0n) is 13.4. The van der Waals surface area contributed by atoms with E-state index in [0.717, 1.165) is 30.4 Å². The van der Waals surface area contributed by atoms with Crippen molar-refractivity contribution in [2.24, 2.45) is 0 Å². The predicted molar refractivity (Wildman–Crippen MR) is 89.0 cm³/mol. The highest BCUT2D eigenvalue weighted by molar-refractivity contribution is 9.10. The summed E-state index contributed by atoms with van der Waals surface area (Å²) in [6, 6.07) is 4.76. The molecule has 1 rings (SSSR count). The lowest BCUT2D eigenvalue weighted by Crippen LogP contribution is -2.54. The van der Waals surface area contributed by atoms with E-state index in [0.29, 0.717) is 5.56 Å². The van der Waals surface area contributed by atoms with Crippen LogP contribution in [0.1, 0.15) is 46.1 Å². The topological polar surface area (TPSA) is 20.3 Å².